The summed E-state index contributed by atoms with van der Waals surface area (Å²) >= 11 is 0.750. The summed E-state index contributed by atoms with van der Waals surface area (Å²) in [6, 6.07) is 0. The Hall–Kier alpha value is -0.0157. The van der Waals surface area contributed by atoms with Crippen LogP contribution >= 0.6 is 0 Å². The number of carboxylic acids is 1. The van der Waals surface area contributed by atoms with Crippen molar-refractivity contribution in [3.8, 4) is 0 Å². The van der Waals surface area contributed by atoms with Gasteiger partial charge in [0.15, 0.2) is 0 Å². The van der Waals surface area contributed by atoms with Crippen LogP contribution in [-0.2, 0) is 28.5 Å². The van der Waals surface area contributed by atoms with E-state index in [2.05, 4.69) is 6.92 Å². The third-order valence-corrected chi connectivity index (χ3v) is 3.99. The summed E-state index contributed by atoms with van der Waals surface area (Å²) in [6.07, 6.45) is 20.2. The molecule has 0 amide bonds. The van der Waals surface area contributed by atoms with Gasteiger partial charge in [0.05, 0.1) is 0 Å². The molecule has 22 heavy (non-hydrogen) atoms. The maximum atomic E-state index is 10.3. The molecule has 0 saturated carbocycles. The van der Waals surface area contributed by atoms with Crippen LogP contribution in [0.15, 0.2) is 0 Å². The van der Waals surface area contributed by atoms with Crippen molar-refractivity contribution >= 4 is 5.97 Å². The Morgan fingerprint density at radius 1 is 0.636 bits per heavy atom. The van der Waals surface area contributed by atoms with Gasteiger partial charge >= 0.3 is 29.7 Å². The topological polar surface area (TPSA) is 54.4 Å². The summed E-state index contributed by atoms with van der Waals surface area (Å²) in [6.45, 7) is 2.27. The normalized spacial score (nSPS) is 10.0. The zero-order chi connectivity index (χ0) is 16.9. The molecule has 0 fully saturated rings. The molecule has 130 valence electrons. The van der Waals surface area contributed by atoms with Crippen LogP contribution in [0.2, 0.25) is 0 Å². The van der Waals surface area contributed by atoms with Crippen molar-refractivity contribution < 1.29 is 33.6 Å². The van der Waals surface area contributed by atoms with Gasteiger partial charge in [0.25, 0.3) is 0 Å². The van der Waals surface area contributed by atoms with Crippen LogP contribution in [0.4, 0.5) is 0 Å². The molecule has 3 nitrogen and oxygen atoms in total. The molecular formula is C18H36O3Ti. The first-order chi connectivity index (χ1) is 10.8. The van der Waals surface area contributed by atoms with E-state index < -0.39 is 5.97 Å². The number of carboxylic acid groups (broad SMARTS) is 1. The molecule has 0 aromatic carbocycles. The zero-order valence-corrected chi connectivity index (χ0v) is 16.1. The van der Waals surface area contributed by atoms with Crippen LogP contribution in [0.3, 0.4) is 0 Å². The first-order valence-corrected chi connectivity index (χ1v) is 9.83. The van der Waals surface area contributed by atoms with E-state index in [1.807, 2.05) is 0 Å². The van der Waals surface area contributed by atoms with Crippen molar-refractivity contribution in [1.82, 2.24) is 0 Å². The average Bonchev–Trinajstić information content (AvgIpc) is 2.53. The molecule has 0 heterocycles. The summed E-state index contributed by atoms with van der Waals surface area (Å²) < 4.78 is 8.25. The van der Waals surface area contributed by atoms with Gasteiger partial charge in [-0.1, -0.05) is 96.8 Å². The van der Waals surface area contributed by atoms with Crippen molar-refractivity contribution in [2.75, 3.05) is 0 Å². The van der Waals surface area contributed by atoms with Crippen molar-refractivity contribution in [2.24, 2.45) is 0 Å². The summed E-state index contributed by atoms with van der Waals surface area (Å²) in [5.74, 6) is -0.653. The van der Waals surface area contributed by atoms with E-state index in [0.717, 1.165) is 33.2 Å². The Labute approximate surface area is 149 Å². The summed E-state index contributed by atoms with van der Waals surface area (Å²) in [4.78, 5) is 10.3. The van der Waals surface area contributed by atoms with E-state index in [9.17, 15) is 4.79 Å². The molecule has 0 aromatic rings. The number of rotatable bonds is 16. The molecule has 0 atom stereocenters. The minimum atomic E-state index is -0.653. The molecular weight excluding hydrogens is 312 g/mol. The second-order valence-electron chi connectivity index (χ2n) is 6.09. The summed E-state index contributed by atoms with van der Waals surface area (Å²) in [5, 5.41) is 8.52. The van der Waals surface area contributed by atoms with E-state index in [0.29, 0.717) is 6.42 Å². The maximum absolute atomic E-state index is 10.3. The molecule has 0 aromatic heterocycles. The number of hydrogen-bond acceptors (Lipinski definition) is 2. The van der Waals surface area contributed by atoms with Crippen LogP contribution in [0.5, 0.6) is 0 Å². The quantitative estimate of drug-likeness (QED) is 0.266. The van der Waals surface area contributed by atoms with Gasteiger partial charge in [-0.15, -0.1) is 0 Å². The number of carbonyl (C=O) groups is 1. The molecule has 0 radical (unpaired) electrons. The molecule has 0 unspecified atom stereocenters. The Balaban J connectivity index is 0. The van der Waals surface area contributed by atoms with E-state index in [1.54, 1.807) is 0 Å². The van der Waals surface area contributed by atoms with Gasteiger partial charge in [0.2, 0.25) is 0 Å². The van der Waals surface area contributed by atoms with Crippen LogP contribution in [-0.4, -0.2) is 11.1 Å². The first kappa shape index (κ1) is 24.2. The van der Waals surface area contributed by atoms with Crippen molar-refractivity contribution in [3.63, 3.8) is 0 Å². The Kier molecular flexibility index (Phi) is 25.6. The summed E-state index contributed by atoms with van der Waals surface area (Å²) in [7, 11) is 0. The van der Waals surface area contributed by atoms with Crippen LogP contribution < -0.4 is 0 Å². The van der Waals surface area contributed by atoms with Gasteiger partial charge in [-0.05, 0) is 6.42 Å². The molecule has 0 aliphatic heterocycles. The van der Waals surface area contributed by atoms with E-state index in [4.69, 9.17) is 8.43 Å². The molecule has 4 heteroatoms. The van der Waals surface area contributed by atoms with E-state index in [1.165, 1.54) is 83.5 Å². The Morgan fingerprint density at radius 2 is 0.909 bits per heavy atom. The fourth-order valence-electron chi connectivity index (χ4n) is 2.65. The SMILES string of the molecule is CCCCCCCCCCCCCCCCCC(=O)O.[O]=[Ti]. The van der Waals surface area contributed by atoms with E-state index in [-0.39, 0.29) is 0 Å². The van der Waals surface area contributed by atoms with Crippen LogP contribution in [0.25, 0.3) is 0 Å². The standard InChI is InChI=1S/C18H36O2.O.Ti/c1-2-3-4-5-6-7-8-9-10-11-12-13-14-15-16-17-18(19)20;;/h2-17H2,1H3,(H,19,20);;. The summed E-state index contributed by atoms with van der Waals surface area (Å²) in [5.41, 5.74) is 0. The predicted octanol–water partition coefficient (Wildman–Crippen LogP) is 6.21. The van der Waals surface area contributed by atoms with Crippen LogP contribution in [0.1, 0.15) is 110 Å². The van der Waals surface area contributed by atoms with Gasteiger partial charge in [0, 0.05) is 6.42 Å². The number of unbranched alkanes of at least 4 members (excludes halogenated alkanes) is 14. The Bertz CT molecular complexity index is 222. The van der Waals surface area contributed by atoms with Gasteiger partial charge < -0.3 is 5.11 Å². The monoisotopic (exact) mass is 348 g/mol. The fraction of sp³-hybridized carbons (Fsp3) is 0.944. The fourth-order valence-corrected chi connectivity index (χ4v) is 2.65. The van der Waals surface area contributed by atoms with Gasteiger partial charge in [-0.25, -0.2) is 0 Å². The third kappa shape index (κ3) is 25.0. The molecule has 0 bridgehead atoms. The average molecular weight is 348 g/mol. The third-order valence-electron chi connectivity index (χ3n) is 3.99. The van der Waals surface area contributed by atoms with Crippen molar-refractivity contribution in [3.05, 3.63) is 0 Å². The van der Waals surface area contributed by atoms with Crippen LogP contribution in [0, 0.1) is 0 Å². The number of aliphatic carboxylic acids is 1. The second-order valence-corrected chi connectivity index (χ2v) is 6.09. The number of hydrogen-bond donors (Lipinski definition) is 1. The molecule has 0 aliphatic carbocycles. The first-order valence-electron chi connectivity index (χ1n) is 9.19. The molecule has 0 spiro atoms. The van der Waals surface area contributed by atoms with Gasteiger partial charge in [-0.3, -0.25) is 4.79 Å². The van der Waals surface area contributed by atoms with E-state index >= 15 is 0 Å². The molecule has 0 saturated heterocycles. The van der Waals surface area contributed by atoms with Crippen molar-refractivity contribution in [2.45, 2.75) is 110 Å². The van der Waals surface area contributed by atoms with Gasteiger partial charge in [-0.2, -0.15) is 0 Å². The predicted molar refractivity (Wildman–Crippen MR) is 87.9 cm³/mol. The molecule has 0 rings (SSSR count). The van der Waals surface area contributed by atoms with Gasteiger partial charge in [0.1, 0.15) is 0 Å². The Morgan fingerprint density at radius 3 is 1.18 bits per heavy atom. The van der Waals surface area contributed by atoms with Crippen molar-refractivity contribution in [1.29, 1.82) is 0 Å². The molecule has 1 N–H and O–H groups in total. The molecule has 0 aliphatic rings. The zero-order valence-electron chi connectivity index (χ0n) is 14.6. The second kappa shape index (κ2) is 23.3. The minimum absolute atomic E-state index is 0.345.